The van der Waals surface area contributed by atoms with Crippen LogP contribution in [0.25, 0.3) is 132 Å². The molecule has 13 aromatic rings. The molecule has 13 rings (SSSR count). The summed E-state index contributed by atoms with van der Waals surface area (Å²) in [6, 6.07) is 81.6. The number of rotatable bonds is 6. The van der Waals surface area contributed by atoms with Crippen molar-refractivity contribution in [2.24, 2.45) is 0 Å². The third kappa shape index (κ3) is 6.46. The van der Waals surface area contributed by atoms with Crippen molar-refractivity contribution in [1.29, 1.82) is 0 Å². The first-order chi connectivity index (χ1) is 32.7. The Bertz CT molecular complexity index is 3800. The van der Waals surface area contributed by atoms with E-state index in [0.717, 1.165) is 111 Å². The molecule has 0 saturated carbocycles. The maximum atomic E-state index is 5.33. The van der Waals surface area contributed by atoms with E-state index in [9.17, 15) is 0 Å². The van der Waals surface area contributed by atoms with E-state index in [-0.39, 0.29) is 0 Å². The zero-order valence-corrected chi connectivity index (χ0v) is 35.7. The quantitative estimate of drug-likeness (QED) is 0.157. The zero-order chi connectivity index (χ0) is 43.6. The van der Waals surface area contributed by atoms with Gasteiger partial charge in [0.1, 0.15) is 0 Å². The second kappa shape index (κ2) is 15.4. The predicted molar refractivity (Wildman–Crippen MR) is 275 cm³/mol. The molecule has 0 aliphatic carbocycles. The molecule has 0 aliphatic heterocycles. The third-order valence-corrected chi connectivity index (χ3v) is 13.0. The van der Waals surface area contributed by atoms with Crippen LogP contribution >= 0.6 is 0 Å². The fraction of sp³-hybridized carbons (Fsp3) is 0. The molecule has 4 heterocycles. The van der Waals surface area contributed by atoms with Crippen molar-refractivity contribution in [3.05, 3.63) is 231 Å². The van der Waals surface area contributed by atoms with Crippen LogP contribution in [0.3, 0.4) is 0 Å². The van der Waals surface area contributed by atoms with Crippen LogP contribution in [0.1, 0.15) is 0 Å². The molecule has 0 unspecified atom stereocenters. The molecule has 0 spiro atoms. The van der Waals surface area contributed by atoms with E-state index in [1.807, 2.05) is 0 Å². The lowest BCUT2D eigenvalue weighted by molar-refractivity contribution is 1.37. The molecule has 9 aromatic carbocycles. The van der Waals surface area contributed by atoms with Gasteiger partial charge in [0.15, 0.2) is 0 Å². The van der Waals surface area contributed by atoms with Gasteiger partial charge in [0.2, 0.25) is 0 Å². The van der Waals surface area contributed by atoms with E-state index in [1.54, 1.807) is 0 Å². The van der Waals surface area contributed by atoms with E-state index in [4.69, 9.17) is 19.9 Å². The third-order valence-electron chi connectivity index (χ3n) is 13.0. The first-order valence-electron chi connectivity index (χ1n) is 22.4. The monoisotopic (exact) mass is 838 g/mol. The first-order valence-corrected chi connectivity index (χ1v) is 22.4. The van der Waals surface area contributed by atoms with Crippen molar-refractivity contribution in [2.75, 3.05) is 0 Å². The fourth-order valence-corrected chi connectivity index (χ4v) is 9.73. The highest BCUT2D eigenvalue weighted by atomic mass is 14.8. The second-order valence-electron chi connectivity index (χ2n) is 17.0. The molecule has 0 aliphatic rings. The summed E-state index contributed by atoms with van der Waals surface area (Å²) in [6.07, 6.45) is 0. The van der Waals surface area contributed by atoms with Gasteiger partial charge in [0, 0.05) is 43.8 Å². The van der Waals surface area contributed by atoms with Gasteiger partial charge in [0.25, 0.3) is 0 Å². The van der Waals surface area contributed by atoms with Gasteiger partial charge in [-0.2, -0.15) is 0 Å². The van der Waals surface area contributed by atoms with Crippen molar-refractivity contribution in [3.63, 3.8) is 0 Å². The second-order valence-corrected chi connectivity index (χ2v) is 17.0. The number of pyridine rings is 4. The summed E-state index contributed by atoms with van der Waals surface area (Å²) < 4.78 is 0. The van der Waals surface area contributed by atoms with Crippen LogP contribution in [0, 0.1) is 0 Å². The molecule has 0 bridgehead atoms. The van der Waals surface area contributed by atoms with E-state index in [1.165, 1.54) is 21.5 Å². The minimum Gasteiger partial charge on any atom is -0.245 e. The Labute approximate surface area is 381 Å². The van der Waals surface area contributed by atoms with Gasteiger partial charge in [-0.25, -0.2) is 19.9 Å². The maximum Gasteiger partial charge on any atom is 0.0972 e. The van der Waals surface area contributed by atoms with Crippen LogP contribution < -0.4 is 0 Å². The Kier molecular flexibility index (Phi) is 8.81. The lowest BCUT2D eigenvalue weighted by Gasteiger charge is -2.13. The van der Waals surface area contributed by atoms with Crippen molar-refractivity contribution in [1.82, 2.24) is 19.9 Å². The molecular weight excluding hydrogens is 801 g/mol. The van der Waals surface area contributed by atoms with Crippen molar-refractivity contribution >= 4 is 65.2 Å². The van der Waals surface area contributed by atoms with Crippen LogP contribution in [0.5, 0.6) is 0 Å². The van der Waals surface area contributed by atoms with Crippen LogP contribution in [0.2, 0.25) is 0 Å². The SMILES string of the molecule is c1cc(-c2ccc3ccc4ccc(-c5cccc6ccccc56)nc4c3n2)cc(-c2ccccc2-c2cccc(-c3ccc4ccc5ccc(-c6cccc7ccccc67)nc5c4n3)c2)c1. The highest BCUT2D eigenvalue weighted by molar-refractivity contribution is 6.07. The largest absolute Gasteiger partial charge is 0.245 e. The molecule has 0 N–H and O–H groups in total. The maximum absolute atomic E-state index is 5.33. The summed E-state index contributed by atoms with van der Waals surface area (Å²) in [5.74, 6) is 0. The Morgan fingerprint density at radius 3 is 0.939 bits per heavy atom. The van der Waals surface area contributed by atoms with Crippen molar-refractivity contribution in [3.8, 4) is 67.3 Å². The van der Waals surface area contributed by atoms with Crippen LogP contribution in [0.4, 0.5) is 0 Å². The van der Waals surface area contributed by atoms with E-state index >= 15 is 0 Å². The average molecular weight is 839 g/mol. The van der Waals surface area contributed by atoms with Gasteiger partial charge in [0.05, 0.1) is 44.8 Å². The number of hydrogen-bond acceptors (Lipinski definition) is 4. The molecule has 66 heavy (non-hydrogen) atoms. The number of hydrogen-bond donors (Lipinski definition) is 0. The van der Waals surface area contributed by atoms with Gasteiger partial charge in [-0.05, 0) is 80.2 Å². The lowest BCUT2D eigenvalue weighted by atomic mass is 9.92. The Morgan fingerprint density at radius 1 is 0.197 bits per heavy atom. The summed E-state index contributed by atoms with van der Waals surface area (Å²) in [5, 5.41) is 9.03. The van der Waals surface area contributed by atoms with Crippen molar-refractivity contribution < 1.29 is 0 Å². The normalized spacial score (nSPS) is 11.6. The average Bonchev–Trinajstić information content (AvgIpc) is 3.40. The number of benzene rings is 9. The van der Waals surface area contributed by atoms with E-state index < -0.39 is 0 Å². The predicted octanol–water partition coefficient (Wildman–Crippen LogP) is 16.2. The summed E-state index contributed by atoms with van der Waals surface area (Å²) in [5.41, 5.74) is 16.1. The highest BCUT2D eigenvalue weighted by Crippen LogP contribution is 2.38. The Hall–Kier alpha value is -8.86. The van der Waals surface area contributed by atoms with Gasteiger partial charge < -0.3 is 0 Å². The fourth-order valence-electron chi connectivity index (χ4n) is 9.73. The smallest absolute Gasteiger partial charge is 0.0972 e. The van der Waals surface area contributed by atoms with Crippen molar-refractivity contribution in [2.45, 2.75) is 0 Å². The summed E-state index contributed by atoms with van der Waals surface area (Å²) in [6.45, 7) is 0. The lowest BCUT2D eigenvalue weighted by Crippen LogP contribution is -1.92. The van der Waals surface area contributed by atoms with Gasteiger partial charge in [-0.15, -0.1) is 0 Å². The summed E-state index contributed by atoms with van der Waals surface area (Å²) in [4.78, 5) is 21.2. The van der Waals surface area contributed by atoms with Crippen LogP contribution in [0.15, 0.2) is 231 Å². The number of nitrogens with zero attached hydrogens (tertiary/aromatic N) is 4. The van der Waals surface area contributed by atoms with Crippen LogP contribution in [-0.2, 0) is 0 Å². The van der Waals surface area contributed by atoms with E-state index in [0.29, 0.717) is 0 Å². The van der Waals surface area contributed by atoms with Gasteiger partial charge in [-0.1, -0.05) is 194 Å². The molecule has 0 amide bonds. The molecule has 0 fully saturated rings. The standard InChI is InChI=1S/C62H38N4/c1-3-19-49-39(11-1)13-9-23-53(49)57-35-31-43-27-25-41-29-33-55(63-59(41)61(43)65-57)47-17-7-15-45(37-47)51-21-5-6-22-52(51)46-16-8-18-48(38-46)56-34-30-42-26-28-44-32-36-58(66-62(44)60(42)64-56)54-24-10-14-40-12-2-4-20-50(40)54/h1-38H. The first kappa shape index (κ1) is 37.7. The molecular formula is C62H38N4. The molecule has 0 radical (unpaired) electrons. The molecule has 4 heteroatoms. The zero-order valence-electron chi connectivity index (χ0n) is 35.7. The number of fused-ring (bicyclic) bond motifs is 8. The van der Waals surface area contributed by atoms with E-state index in [2.05, 4.69) is 231 Å². The summed E-state index contributed by atoms with van der Waals surface area (Å²) >= 11 is 0. The minimum atomic E-state index is 0.894. The highest BCUT2D eigenvalue weighted by Gasteiger charge is 2.15. The molecule has 306 valence electrons. The molecule has 0 saturated heterocycles. The molecule has 4 aromatic heterocycles. The number of aromatic nitrogens is 4. The summed E-state index contributed by atoms with van der Waals surface area (Å²) in [7, 11) is 0. The van der Waals surface area contributed by atoms with Gasteiger partial charge >= 0.3 is 0 Å². The Morgan fingerprint density at radius 2 is 0.500 bits per heavy atom. The molecule has 0 atom stereocenters. The topological polar surface area (TPSA) is 51.6 Å². The Balaban J connectivity index is 0.864. The van der Waals surface area contributed by atoms with Gasteiger partial charge in [-0.3, -0.25) is 0 Å². The molecule has 4 nitrogen and oxygen atoms in total. The van der Waals surface area contributed by atoms with Crippen LogP contribution in [-0.4, -0.2) is 19.9 Å². The minimum absolute atomic E-state index is 0.894.